The van der Waals surface area contributed by atoms with Crippen molar-refractivity contribution in [3.63, 3.8) is 0 Å². The molecule has 1 aliphatic rings. The standard InChI is InChI=1S/C23H28ClFN6O/c1-3-5-19-26-22(30-13-4-12-29(14-15-30)20(32)10-11-24)21-16(2)28-31(23(21)27-19)18-8-6-17(25)7-9-18/h6-9H,3-5,10-15H2,1-2H3. The lowest BCUT2D eigenvalue weighted by molar-refractivity contribution is -0.130. The molecule has 3 aromatic rings. The first-order valence-electron chi connectivity index (χ1n) is 11.1. The third-order valence-corrected chi connectivity index (χ3v) is 5.92. The van der Waals surface area contributed by atoms with Crippen LogP contribution in [0.25, 0.3) is 16.7 Å². The molecule has 1 aromatic carbocycles. The second kappa shape index (κ2) is 9.81. The molecule has 0 bridgehead atoms. The topological polar surface area (TPSA) is 67.2 Å². The summed E-state index contributed by atoms with van der Waals surface area (Å²) in [5.74, 6) is 1.77. The average Bonchev–Trinajstić information content (AvgIpc) is 2.96. The van der Waals surface area contributed by atoms with Crippen molar-refractivity contribution >= 4 is 34.4 Å². The molecule has 0 unspecified atom stereocenters. The maximum absolute atomic E-state index is 13.5. The fraction of sp³-hybridized carbons (Fsp3) is 0.478. The summed E-state index contributed by atoms with van der Waals surface area (Å²) in [7, 11) is 0. The van der Waals surface area contributed by atoms with Gasteiger partial charge in [-0.05, 0) is 44.0 Å². The molecule has 1 amide bonds. The number of aryl methyl sites for hydroxylation is 2. The first-order valence-corrected chi connectivity index (χ1v) is 11.7. The van der Waals surface area contributed by atoms with Crippen LogP contribution in [-0.4, -0.2) is 62.6 Å². The molecule has 32 heavy (non-hydrogen) atoms. The Morgan fingerprint density at radius 2 is 1.91 bits per heavy atom. The summed E-state index contributed by atoms with van der Waals surface area (Å²) in [5.41, 5.74) is 2.30. The van der Waals surface area contributed by atoms with E-state index >= 15 is 0 Å². The van der Waals surface area contributed by atoms with Gasteiger partial charge < -0.3 is 9.80 Å². The Hall–Kier alpha value is -2.74. The van der Waals surface area contributed by atoms with Gasteiger partial charge in [0.1, 0.15) is 17.5 Å². The van der Waals surface area contributed by atoms with Crippen molar-refractivity contribution in [3.8, 4) is 5.69 Å². The SMILES string of the molecule is CCCc1nc(N2CCCN(C(=O)CCCl)CC2)c2c(C)nn(-c3ccc(F)cc3)c2n1. The van der Waals surface area contributed by atoms with Gasteiger partial charge in [0.25, 0.3) is 0 Å². The lowest BCUT2D eigenvalue weighted by atomic mass is 10.2. The predicted molar refractivity (Wildman–Crippen MR) is 124 cm³/mol. The minimum absolute atomic E-state index is 0.0988. The summed E-state index contributed by atoms with van der Waals surface area (Å²) in [6, 6.07) is 6.26. The van der Waals surface area contributed by atoms with Crippen molar-refractivity contribution < 1.29 is 9.18 Å². The molecule has 0 radical (unpaired) electrons. The van der Waals surface area contributed by atoms with Gasteiger partial charge in [0.2, 0.25) is 5.91 Å². The van der Waals surface area contributed by atoms with Gasteiger partial charge in [-0.1, -0.05) is 6.92 Å². The summed E-state index contributed by atoms with van der Waals surface area (Å²) in [5, 5.41) is 5.62. The molecule has 7 nitrogen and oxygen atoms in total. The third-order valence-electron chi connectivity index (χ3n) is 5.73. The Labute approximate surface area is 192 Å². The second-order valence-electron chi connectivity index (χ2n) is 8.05. The van der Waals surface area contributed by atoms with Crippen molar-refractivity contribution in [3.05, 3.63) is 41.6 Å². The lowest BCUT2D eigenvalue weighted by Crippen LogP contribution is -2.35. The van der Waals surface area contributed by atoms with Gasteiger partial charge in [-0.3, -0.25) is 4.79 Å². The van der Waals surface area contributed by atoms with Gasteiger partial charge in [-0.15, -0.1) is 11.6 Å². The zero-order chi connectivity index (χ0) is 22.7. The zero-order valence-corrected chi connectivity index (χ0v) is 19.3. The summed E-state index contributed by atoms with van der Waals surface area (Å²) < 4.78 is 15.2. The normalized spacial score (nSPS) is 14.8. The van der Waals surface area contributed by atoms with E-state index in [2.05, 4.69) is 11.8 Å². The largest absolute Gasteiger partial charge is 0.354 e. The number of halogens is 2. The highest BCUT2D eigenvalue weighted by Crippen LogP contribution is 2.30. The molecule has 0 aliphatic carbocycles. The van der Waals surface area contributed by atoms with Gasteiger partial charge in [-0.25, -0.2) is 19.0 Å². The highest BCUT2D eigenvalue weighted by Gasteiger charge is 2.24. The highest BCUT2D eigenvalue weighted by atomic mass is 35.5. The number of nitrogens with zero attached hydrogens (tertiary/aromatic N) is 6. The number of rotatable bonds is 6. The monoisotopic (exact) mass is 458 g/mol. The summed E-state index contributed by atoms with van der Waals surface area (Å²) in [4.78, 5) is 26.2. The van der Waals surface area contributed by atoms with Gasteiger partial charge in [-0.2, -0.15) is 5.10 Å². The number of amides is 1. The number of aromatic nitrogens is 4. The molecule has 0 atom stereocenters. The number of anilines is 1. The number of benzene rings is 1. The van der Waals surface area contributed by atoms with Crippen LogP contribution < -0.4 is 4.90 Å². The third kappa shape index (κ3) is 4.55. The summed E-state index contributed by atoms with van der Waals surface area (Å²) in [6.45, 7) is 6.88. The minimum Gasteiger partial charge on any atom is -0.354 e. The van der Waals surface area contributed by atoms with E-state index in [1.807, 2.05) is 11.8 Å². The van der Waals surface area contributed by atoms with Gasteiger partial charge in [0, 0.05) is 44.9 Å². The van der Waals surface area contributed by atoms with Crippen LogP contribution in [0, 0.1) is 12.7 Å². The van der Waals surface area contributed by atoms with Crippen LogP contribution in [0.15, 0.2) is 24.3 Å². The molecule has 2 aromatic heterocycles. The van der Waals surface area contributed by atoms with E-state index in [0.29, 0.717) is 25.4 Å². The Morgan fingerprint density at radius 3 is 2.62 bits per heavy atom. The van der Waals surface area contributed by atoms with Crippen molar-refractivity contribution in [1.82, 2.24) is 24.6 Å². The van der Waals surface area contributed by atoms with Crippen molar-refractivity contribution in [2.75, 3.05) is 37.0 Å². The minimum atomic E-state index is -0.290. The van der Waals surface area contributed by atoms with Crippen LogP contribution in [0.1, 0.15) is 37.7 Å². The fourth-order valence-electron chi connectivity index (χ4n) is 4.15. The number of fused-ring (bicyclic) bond motifs is 1. The van der Waals surface area contributed by atoms with E-state index < -0.39 is 0 Å². The Kier molecular flexibility index (Phi) is 6.89. The number of hydrogen-bond donors (Lipinski definition) is 0. The Morgan fingerprint density at radius 1 is 1.12 bits per heavy atom. The number of hydrogen-bond acceptors (Lipinski definition) is 5. The van der Waals surface area contributed by atoms with Gasteiger partial charge in [0.15, 0.2) is 5.65 Å². The quantitative estimate of drug-likeness (QED) is 0.524. The van der Waals surface area contributed by atoms with Gasteiger partial charge in [0.05, 0.1) is 16.8 Å². The van der Waals surface area contributed by atoms with E-state index in [9.17, 15) is 9.18 Å². The second-order valence-corrected chi connectivity index (χ2v) is 8.42. The molecule has 4 rings (SSSR count). The number of carbonyl (C=O) groups excluding carboxylic acids is 1. The molecule has 1 fully saturated rings. The molecule has 1 saturated heterocycles. The fourth-order valence-corrected chi connectivity index (χ4v) is 4.31. The van der Waals surface area contributed by atoms with Crippen LogP contribution in [0.3, 0.4) is 0 Å². The summed E-state index contributed by atoms with van der Waals surface area (Å²) >= 11 is 5.77. The van der Waals surface area contributed by atoms with E-state index in [1.165, 1.54) is 12.1 Å². The smallest absolute Gasteiger partial charge is 0.223 e. The molecular formula is C23H28ClFN6O. The van der Waals surface area contributed by atoms with Crippen molar-refractivity contribution in [2.45, 2.75) is 39.5 Å². The highest BCUT2D eigenvalue weighted by molar-refractivity contribution is 6.18. The Balaban J connectivity index is 1.75. The van der Waals surface area contributed by atoms with Crippen molar-refractivity contribution in [2.24, 2.45) is 0 Å². The maximum Gasteiger partial charge on any atom is 0.223 e. The molecule has 0 saturated carbocycles. The van der Waals surface area contributed by atoms with Gasteiger partial charge >= 0.3 is 0 Å². The van der Waals surface area contributed by atoms with Crippen molar-refractivity contribution in [1.29, 1.82) is 0 Å². The van der Waals surface area contributed by atoms with E-state index in [-0.39, 0.29) is 11.7 Å². The molecule has 0 N–H and O–H groups in total. The molecule has 170 valence electrons. The lowest BCUT2D eigenvalue weighted by Gasteiger charge is -2.24. The van der Waals surface area contributed by atoms with E-state index in [4.69, 9.17) is 26.7 Å². The molecule has 9 heteroatoms. The van der Waals surface area contributed by atoms with E-state index in [1.54, 1.807) is 16.8 Å². The van der Waals surface area contributed by atoms with Crippen LogP contribution >= 0.6 is 11.6 Å². The first kappa shape index (κ1) is 22.5. The van der Waals surface area contributed by atoms with Crippen LogP contribution in [0.4, 0.5) is 10.2 Å². The predicted octanol–water partition coefficient (Wildman–Crippen LogP) is 3.88. The number of carbonyl (C=O) groups is 1. The summed E-state index contributed by atoms with van der Waals surface area (Å²) in [6.07, 6.45) is 2.90. The van der Waals surface area contributed by atoms with Crippen LogP contribution in [0.2, 0.25) is 0 Å². The first-order chi connectivity index (χ1) is 15.5. The van der Waals surface area contributed by atoms with Crippen LogP contribution in [0.5, 0.6) is 0 Å². The molecule has 0 spiro atoms. The maximum atomic E-state index is 13.5. The zero-order valence-electron chi connectivity index (χ0n) is 18.5. The molecule has 3 heterocycles. The number of alkyl halides is 1. The average molecular weight is 459 g/mol. The molecule has 1 aliphatic heterocycles. The van der Waals surface area contributed by atoms with E-state index in [0.717, 1.165) is 66.4 Å². The molecular weight excluding hydrogens is 431 g/mol. The Bertz CT molecular complexity index is 1100. The van der Waals surface area contributed by atoms with Crippen LogP contribution in [-0.2, 0) is 11.2 Å².